The molecule has 1 aliphatic rings. The van der Waals surface area contributed by atoms with Crippen LogP contribution in [0.2, 0.25) is 0 Å². The summed E-state index contributed by atoms with van der Waals surface area (Å²) in [6.07, 6.45) is 8.16. The van der Waals surface area contributed by atoms with Crippen LogP contribution in [0.5, 0.6) is 11.5 Å². The summed E-state index contributed by atoms with van der Waals surface area (Å²) < 4.78 is 13.1. The summed E-state index contributed by atoms with van der Waals surface area (Å²) in [5, 5.41) is 4.11. The lowest BCUT2D eigenvalue weighted by atomic mass is 10.1. The number of benzene rings is 1. The smallest absolute Gasteiger partial charge is 0.258 e. The molecule has 0 N–H and O–H groups in total. The molecule has 6 heteroatoms. The summed E-state index contributed by atoms with van der Waals surface area (Å²) in [5.74, 6) is 1.18. The average molecular weight is 329 g/mol. The van der Waals surface area contributed by atoms with E-state index in [0.717, 1.165) is 18.5 Å². The standard InChI is InChI=1S/C18H23N3O3/c1-20-12-14(11-19-20)21(2)18(22)13-8-9-16(23-3)17(10-13)24-15-6-4-5-7-15/h8-12,15H,4-7H2,1-3H3. The molecule has 128 valence electrons. The first-order valence-electron chi connectivity index (χ1n) is 8.20. The third-order valence-electron chi connectivity index (χ3n) is 4.39. The summed E-state index contributed by atoms with van der Waals surface area (Å²) in [4.78, 5) is 14.3. The van der Waals surface area contributed by atoms with E-state index in [1.54, 1.807) is 54.3 Å². The largest absolute Gasteiger partial charge is 0.493 e. The van der Waals surface area contributed by atoms with E-state index < -0.39 is 0 Å². The van der Waals surface area contributed by atoms with Crippen LogP contribution in [0, 0.1) is 0 Å². The van der Waals surface area contributed by atoms with Crippen LogP contribution < -0.4 is 14.4 Å². The van der Waals surface area contributed by atoms with E-state index in [1.165, 1.54) is 12.8 Å². The van der Waals surface area contributed by atoms with Crippen molar-refractivity contribution in [3.8, 4) is 11.5 Å². The number of anilines is 1. The molecule has 24 heavy (non-hydrogen) atoms. The Kier molecular flexibility index (Phi) is 4.74. The Bertz CT molecular complexity index is 720. The first-order chi connectivity index (χ1) is 11.6. The molecule has 1 aromatic carbocycles. The number of methoxy groups -OCH3 is 1. The summed E-state index contributed by atoms with van der Waals surface area (Å²) in [6.45, 7) is 0. The van der Waals surface area contributed by atoms with Crippen LogP contribution in [-0.4, -0.2) is 35.9 Å². The topological polar surface area (TPSA) is 56.6 Å². The summed E-state index contributed by atoms with van der Waals surface area (Å²) >= 11 is 0. The first kappa shape index (κ1) is 16.4. The van der Waals surface area contributed by atoms with Crippen molar-refractivity contribution in [3.05, 3.63) is 36.2 Å². The van der Waals surface area contributed by atoms with Crippen molar-refractivity contribution in [1.29, 1.82) is 0 Å². The minimum absolute atomic E-state index is 0.109. The maximum atomic E-state index is 12.7. The molecule has 6 nitrogen and oxygen atoms in total. The molecule has 1 aromatic heterocycles. The maximum Gasteiger partial charge on any atom is 0.258 e. The molecule has 1 aliphatic carbocycles. The van der Waals surface area contributed by atoms with E-state index in [9.17, 15) is 4.79 Å². The third-order valence-corrected chi connectivity index (χ3v) is 4.39. The second kappa shape index (κ2) is 6.95. The molecule has 0 radical (unpaired) electrons. The fourth-order valence-electron chi connectivity index (χ4n) is 2.98. The normalized spacial score (nSPS) is 14.6. The van der Waals surface area contributed by atoms with Crippen molar-refractivity contribution in [2.45, 2.75) is 31.8 Å². The average Bonchev–Trinajstić information content (AvgIpc) is 3.25. The van der Waals surface area contributed by atoms with Crippen LogP contribution in [0.1, 0.15) is 36.0 Å². The molecule has 0 atom stereocenters. The van der Waals surface area contributed by atoms with Gasteiger partial charge in [-0.1, -0.05) is 0 Å². The van der Waals surface area contributed by atoms with E-state index in [2.05, 4.69) is 5.10 Å². The van der Waals surface area contributed by atoms with E-state index in [-0.39, 0.29) is 12.0 Å². The van der Waals surface area contributed by atoms with Gasteiger partial charge in [0, 0.05) is 25.9 Å². The number of carbonyl (C=O) groups excluding carboxylic acids is 1. The first-order valence-corrected chi connectivity index (χ1v) is 8.20. The number of hydrogen-bond acceptors (Lipinski definition) is 4. The minimum atomic E-state index is -0.109. The fourth-order valence-corrected chi connectivity index (χ4v) is 2.98. The van der Waals surface area contributed by atoms with Crippen LogP contribution >= 0.6 is 0 Å². The third kappa shape index (κ3) is 3.37. The Balaban J connectivity index is 1.83. The molecule has 1 fully saturated rings. The van der Waals surface area contributed by atoms with Gasteiger partial charge in [-0.15, -0.1) is 0 Å². The van der Waals surface area contributed by atoms with Crippen molar-refractivity contribution in [1.82, 2.24) is 9.78 Å². The molecule has 1 amide bonds. The highest BCUT2D eigenvalue weighted by molar-refractivity contribution is 6.06. The quantitative estimate of drug-likeness (QED) is 0.846. The van der Waals surface area contributed by atoms with E-state index in [0.29, 0.717) is 17.1 Å². The number of amides is 1. The van der Waals surface area contributed by atoms with Gasteiger partial charge in [0.05, 0.1) is 25.1 Å². The van der Waals surface area contributed by atoms with Crippen molar-refractivity contribution in [3.63, 3.8) is 0 Å². The van der Waals surface area contributed by atoms with Gasteiger partial charge in [-0.05, 0) is 43.9 Å². The zero-order valence-corrected chi connectivity index (χ0v) is 14.4. The minimum Gasteiger partial charge on any atom is -0.493 e. The SMILES string of the molecule is COc1ccc(C(=O)N(C)c2cnn(C)c2)cc1OC1CCCC1. The Morgan fingerprint density at radius 2 is 2.04 bits per heavy atom. The van der Waals surface area contributed by atoms with Crippen LogP contribution in [0.25, 0.3) is 0 Å². The van der Waals surface area contributed by atoms with Crippen LogP contribution in [0.3, 0.4) is 0 Å². The molecule has 2 aromatic rings. The second-order valence-electron chi connectivity index (χ2n) is 6.13. The second-order valence-corrected chi connectivity index (χ2v) is 6.13. The van der Waals surface area contributed by atoms with Gasteiger partial charge < -0.3 is 14.4 Å². The summed E-state index contributed by atoms with van der Waals surface area (Å²) in [7, 11) is 5.17. The lowest BCUT2D eigenvalue weighted by Crippen LogP contribution is -2.26. The highest BCUT2D eigenvalue weighted by Crippen LogP contribution is 2.33. The molecule has 3 rings (SSSR count). The van der Waals surface area contributed by atoms with Crippen LogP contribution in [0.4, 0.5) is 5.69 Å². The fraction of sp³-hybridized carbons (Fsp3) is 0.444. The number of hydrogen-bond donors (Lipinski definition) is 0. The monoisotopic (exact) mass is 329 g/mol. The molecule has 0 unspecified atom stereocenters. The van der Waals surface area contributed by atoms with Gasteiger partial charge in [-0.3, -0.25) is 9.48 Å². The number of nitrogens with zero attached hydrogens (tertiary/aromatic N) is 3. The van der Waals surface area contributed by atoms with Crippen molar-refractivity contribution in [2.24, 2.45) is 7.05 Å². The van der Waals surface area contributed by atoms with Crippen molar-refractivity contribution < 1.29 is 14.3 Å². The van der Waals surface area contributed by atoms with E-state index >= 15 is 0 Å². The summed E-state index contributed by atoms with van der Waals surface area (Å²) in [5.41, 5.74) is 1.31. The number of aryl methyl sites for hydroxylation is 1. The van der Waals surface area contributed by atoms with Gasteiger partial charge in [0.25, 0.3) is 5.91 Å². The predicted molar refractivity (Wildman–Crippen MR) is 91.8 cm³/mol. The van der Waals surface area contributed by atoms with Gasteiger partial charge >= 0.3 is 0 Å². The Morgan fingerprint density at radius 3 is 2.67 bits per heavy atom. The molecule has 0 saturated heterocycles. The molecule has 0 bridgehead atoms. The number of aromatic nitrogens is 2. The van der Waals surface area contributed by atoms with Gasteiger partial charge in [0.1, 0.15) is 0 Å². The van der Waals surface area contributed by atoms with Gasteiger partial charge in [-0.25, -0.2) is 0 Å². The van der Waals surface area contributed by atoms with Gasteiger partial charge in [-0.2, -0.15) is 5.10 Å². The van der Waals surface area contributed by atoms with Crippen LogP contribution in [-0.2, 0) is 7.05 Å². The van der Waals surface area contributed by atoms with Gasteiger partial charge in [0.15, 0.2) is 11.5 Å². The lowest BCUT2D eigenvalue weighted by molar-refractivity contribution is 0.0992. The van der Waals surface area contributed by atoms with Crippen molar-refractivity contribution >= 4 is 11.6 Å². The number of rotatable bonds is 5. The zero-order valence-electron chi connectivity index (χ0n) is 14.4. The number of carbonyl (C=O) groups is 1. The molecule has 0 aliphatic heterocycles. The Labute approximate surface area is 142 Å². The number of ether oxygens (including phenoxy) is 2. The van der Waals surface area contributed by atoms with Crippen LogP contribution in [0.15, 0.2) is 30.6 Å². The highest BCUT2D eigenvalue weighted by Gasteiger charge is 2.21. The van der Waals surface area contributed by atoms with E-state index in [4.69, 9.17) is 9.47 Å². The summed E-state index contributed by atoms with van der Waals surface area (Å²) in [6, 6.07) is 5.32. The molecule has 1 heterocycles. The Hall–Kier alpha value is -2.50. The Morgan fingerprint density at radius 1 is 1.29 bits per heavy atom. The maximum absolute atomic E-state index is 12.7. The van der Waals surface area contributed by atoms with E-state index in [1.807, 2.05) is 7.05 Å². The molecular weight excluding hydrogens is 306 g/mol. The predicted octanol–water partition coefficient (Wildman–Crippen LogP) is 3.03. The highest BCUT2D eigenvalue weighted by atomic mass is 16.5. The van der Waals surface area contributed by atoms with Crippen molar-refractivity contribution in [2.75, 3.05) is 19.1 Å². The zero-order chi connectivity index (χ0) is 17.1. The lowest BCUT2D eigenvalue weighted by Gasteiger charge is -2.19. The molecule has 0 spiro atoms. The molecule has 1 saturated carbocycles. The van der Waals surface area contributed by atoms with Gasteiger partial charge in [0.2, 0.25) is 0 Å². The molecular formula is C18H23N3O3.